The van der Waals surface area contributed by atoms with Gasteiger partial charge in [-0.3, -0.25) is 29.0 Å². The van der Waals surface area contributed by atoms with Crippen LogP contribution in [0.4, 0.5) is 0 Å². The maximum atomic E-state index is 13.5. The minimum Gasteiger partial charge on any atom is -0.508 e. The predicted molar refractivity (Wildman–Crippen MR) is 586 cm³/mol. The number of rotatable bonds is 23. The molecule has 7 heterocycles. The molecule has 23 nitrogen and oxygen atoms in total. The molecule has 0 spiro atoms. The smallest absolute Gasteiger partial charge is 0.204 e. The number of nitrogens with zero attached hydrogens (tertiary/aromatic N) is 1. The van der Waals surface area contributed by atoms with Gasteiger partial charge in [-0.25, -0.2) is 0 Å². The molecular weight excluding hydrogens is 1860 g/mol. The molecule has 0 amide bonds. The fourth-order valence-electron chi connectivity index (χ4n) is 17.2. The molecule has 0 fully saturated rings. The number of aromatic hydroxyl groups is 11. The molecule has 768 valence electrons. The fraction of sp³-hybridized carbons (Fsp3) is 0.306. The van der Waals surface area contributed by atoms with E-state index in [9.17, 15) is 80.1 Å². The number of Topliss-reactive ketones (excluding diaryl/α,β-unsaturated/α-hetero) is 1. The van der Waals surface area contributed by atoms with E-state index in [1.165, 1.54) is 37.2 Å². The minimum atomic E-state index is -0.620. The van der Waals surface area contributed by atoms with Crippen molar-refractivity contribution in [1.29, 1.82) is 0 Å². The maximum Gasteiger partial charge on any atom is 0.204 e. The third-order valence-corrected chi connectivity index (χ3v) is 26.0. The maximum absolute atomic E-state index is 13.5. The number of phenols is 11. The zero-order valence-electron chi connectivity index (χ0n) is 88.2. The van der Waals surface area contributed by atoms with Crippen LogP contribution in [-0.2, 0) is 51.4 Å². The lowest BCUT2D eigenvalue weighted by Crippen LogP contribution is -2.28. The standard InChI is InChI=1S/C26H34O5.C26H28O5.C26H28O4.C25H25NO4.C21H20O4/c2*1-14(2)6-10-18-23(28)19(11-7-15(3)4)26-22(24(18)29)25(30)20(13-31-26)17-9-8-16(5)21(27)12-17;1-15(2)6-12-19-23(27)20(13-7-16(3)4)26-22(24(19)28)25(29)21(14-30-26)18-10-8-17(5)9-11-18;1-14(2)6-9-17-21(27)20-22(28)19(16-8-7-15(3)26-12-16)13-29-24(20)18-10-11-25(4,5)30-23(17)18;1-12(2)4-9-15-17(22)10-18-19(20(15)23)21(24)16(11-25-18)14-7-5-13(3)6-8-14/h8-9,12,14-15,20,27-29H,6-7,10-11,13H2,1-5H3;6-9,12-13,27-29H,10-11H2,1-5H3;6-11,14,27-28H,12-13H2,1-5H3;6-8,10-13,27H,9H2,1-5H3;4-8,10-11,22-23H,9H2,1-3H3. The number of carbonyl (C=O) groups is 1. The predicted octanol–water partition coefficient (Wildman–Crippen LogP) is 28.0. The summed E-state index contributed by atoms with van der Waals surface area (Å²) in [6.07, 6.45) is 27.4. The quantitative estimate of drug-likeness (QED) is 0.0265. The molecule has 23 heteroatoms. The van der Waals surface area contributed by atoms with E-state index >= 15 is 0 Å². The topological polar surface area (TPSA) is 392 Å². The molecule has 2 aliphatic rings. The van der Waals surface area contributed by atoms with Gasteiger partial charge in [-0.2, -0.15) is 0 Å². The minimum absolute atomic E-state index is 0.0266. The third-order valence-electron chi connectivity index (χ3n) is 26.0. The van der Waals surface area contributed by atoms with Crippen molar-refractivity contribution in [2.45, 2.75) is 235 Å². The van der Waals surface area contributed by atoms with E-state index < -0.39 is 16.9 Å². The summed E-state index contributed by atoms with van der Waals surface area (Å²) in [6.45, 7) is 45.2. The van der Waals surface area contributed by atoms with Crippen molar-refractivity contribution in [3.63, 3.8) is 0 Å². The number of benzene rings is 9. The lowest BCUT2D eigenvalue weighted by Gasteiger charge is -2.30. The number of hydrogen-bond acceptors (Lipinski definition) is 23. The molecule has 147 heavy (non-hydrogen) atoms. The monoisotopic (exact) mass is 1990 g/mol. The van der Waals surface area contributed by atoms with Crippen molar-refractivity contribution in [3.8, 4) is 119 Å². The highest BCUT2D eigenvalue weighted by Crippen LogP contribution is 2.51. The van der Waals surface area contributed by atoms with Crippen LogP contribution in [0.3, 0.4) is 0 Å². The Morgan fingerprint density at radius 1 is 0.381 bits per heavy atom. The summed E-state index contributed by atoms with van der Waals surface area (Å²) in [5.74, 6) is -0.109. The first-order valence-electron chi connectivity index (χ1n) is 49.5. The van der Waals surface area contributed by atoms with Gasteiger partial charge in [0, 0.05) is 68.0 Å². The molecule has 0 radical (unpaired) electrons. The highest BCUT2D eigenvalue weighted by atomic mass is 16.5. The Hall–Kier alpha value is -15.8. The summed E-state index contributed by atoms with van der Waals surface area (Å²) in [5.41, 5.74) is 18.8. The Bertz CT molecular complexity index is 7870. The van der Waals surface area contributed by atoms with Crippen LogP contribution in [0.2, 0.25) is 0 Å². The molecule has 11 N–H and O–H groups in total. The van der Waals surface area contributed by atoms with Crippen molar-refractivity contribution < 1.29 is 88.1 Å². The summed E-state index contributed by atoms with van der Waals surface area (Å²) >= 11 is 0. The molecule has 0 saturated heterocycles. The molecule has 16 rings (SSSR count). The van der Waals surface area contributed by atoms with Gasteiger partial charge in [-0.1, -0.05) is 188 Å². The number of carbonyl (C=O) groups excluding carboxylic acids is 1. The molecule has 0 aliphatic carbocycles. The number of ether oxygens (including phenoxy) is 2. The summed E-state index contributed by atoms with van der Waals surface area (Å²) in [7, 11) is 0. The first-order valence-corrected chi connectivity index (χ1v) is 49.5. The van der Waals surface area contributed by atoms with E-state index in [0.717, 1.165) is 79.8 Å². The van der Waals surface area contributed by atoms with E-state index in [-0.39, 0.29) is 148 Å². The lowest BCUT2D eigenvalue weighted by molar-refractivity contribution is 0.0890. The zero-order valence-corrected chi connectivity index (χ0v) is 88.2. The SMILES string of the molecule is CC(C)=CCc1c(O)c(CC=C(C)C)c2occ(-c3ccc(C)c(O)c3)c(=O)c2c1O.CC(C)=CCc1c(O)c(CC=C(C)C)c2occ(-c3ccc(C)cc3)c(=O)c2c1O.CC(C)=CCc1c(O)cc2occ(-c3ccc(C)cc3)c(=O)c2c1O.CC(C)=CCc1c2c(c3occ(-c4ccc(C)nc4)c(=O)c3c1O)C=CC(C)(C)O2.Cc1ccc(C2COc3c(CCC(C)C)c(O)c(CCC(C)C)c(O)c3C2=O)cc1O. The number of hydrogen-bond donors (Lipinski definition) is 11. The molecule has 0 saturated carbocycles. The van der Waals surface area contributed by atoms with Gasteiger partial charge in [-0.05, 0) is 271 Å². The second-order valence-corrected chi connectivity index (χ2v) is 40.9. The van der Waals surface area contributed by atoms with Gasteiger partial charge in [0.1, 0.15) is 156 Å². The van der Waals surface area contributed by atoms with E-state index in [2.05, 4.69) is 32.7 Å². The number of pyridine rings is 1. The van der Waals surface area contributed by atoms with E-state index in [1.54, 1.807) is 44.3 Å². The van der Waals surface area contributed by atoms with E-state index in [1.807, 2.05) is 233 Å². The van der Waals surface area contributed by atoms with Crippen LogP contribution >= 0.6 is 0 Å². The second-order valence-electron chi connectivity index (χ2n) is 40.9. The largest absolute Gasteiger partial charge is 0.508 e. The van der Waals surface area contributed by atoms with Crippen LogP contribution in [0.15, 0.2) is 247 Å². The van der Waals surface area contributed by atoms with Crippen molar-refractivity contribution in [2.24, 2.45) is 11.8 Å². The number of fused-ring (bicyclic) bond motifs is 7. The number of aryl methyl sites for hydroxylation is 5. The van der Waals surface area contributed by atoms with E-state index in [0.29, 0.717) is 163 Å². The van der Waals surface area contributed by atoms with Gasteiger partial charge in [0.2, 0.25) is 21.7 Å². The fourth-order valence-corrected chi connectivity index (χ4v) is 17.2. The van der Waals surface area contributed by atoms with Gasteiger partial charge in [-0.15, -0.1) is 0 Å². The average molecular weight is 1990 g/mol. The molecule has 0 bridgehead atoms. The van der Waals surface area contributed by atoms with Crippen molar-refractivity contribution >= 4 is 55.7 Å². The van der Waals surface area contributed by atoms with Crippen molar-refractivity contribution in [1.82, 2.24) is 4.98 Å². The van der Waals surface area contributed by atoms with Crippen molar-refractivity contribution in [2.75, 3.05) is 6.61 Å². The Morgan fingerprint density at radius 2 is 0.762 bits per heavy atom. The Kier molecular flexibility index (Phi) is 35.1. The molecule has 1 unspecified atom stereocenters. The third kappa shape index (κ3) is 25.1. The van der Waals surface area contributed by atoms with Crippen LogP contribution in [-0.4, -0.2) is 79.1 Å². The summed E-state index contributed by atoms with van der Waals surface area (Å²) < 4.78 is 35.3. The number of phenolic OH excluding ortho intramolecular Hbond substituents is 11. The first kappa shape index (κ1) is 110. The van der Waals surface area contributed by atoms with Crippen LogP contribution < -0.4 is 31.2 Å². The molecule has 1 atom stereocenters. The Labute approximate surface area is 856 Å². The summed E-state index contributed by atoms with van der Waals surface area (Å²) in [4.78, 5) is 70.9. The summed E-state index contributed by atoms with van der Waals surface area (Å²) in [5, 5.41) is 118. The highest BCUT2D eigenvalue weighted by molar-refractivity contribution is 6.08. The lowest BCUT2D eigenvalue weighted by atomic mass is 9.83. The van der Waals surface area contributed by atoms with Crippen molar-refractivity contribution in [3.05, 3.63) is 340 Å². The molecular formula is C124H135NO22. The van der Waals surface area contributed by atoms with E-state index in [4.69, 9.17) is 27.1 Å². The highest BCUT2D eigenvalue weighted by Gasteiger charge is 2.39. The van der Waals surface area contributed by atoms with Gasteiger partial charge in [0.05, 0.1) is 33.7 Å². The summed E-state index contributed by atoms with van der Waals surface area (Å²) in [6, 6.07) is 30.2. The molecule has 14 aromatic rings. The molecule has 9 aromatic carbocycles. The second kappa shape index (κ2) is 46.9. The van der Waals surface area contributed by atoms with Crippen LogP contribution in [0, 0.1) is 46.5 Å². The normalized spacial score (nSPS) is 12.6. The van der Waals surface area contributed by atoms with Crippen LogP contribution in [0.1, 0.15) is 237 Å². The Balaban J connectivity index is 0.000000164. The molecule has 5 aromatic heterocycles. The number of aromatic nitrogens is 1. The Morgan fingerprint density at radius 3 is 1.22 bits per heavy atom. The van der Waals surface area contributed by atoms with Gasteiger partial charge in [0.15, 0.2) is 11.4 Å². The molecule has 2 aliphatic heterocycles. The van der Waals surface area contributed by atoms with Crippen LogP contribution in [0.25, 0.3) is 94.5 Å². The van der Waals surface area contributed by atoms with Crippen LogP contribution in [0.5, 0.6) is 74.7 Å². The number of ketones is 1. The van der Waals surface area contributed by atoms with Gasteiger partial charge in [0.25, 0.3) is 0 Å². The van der Waals surface area contributed by atoms with Gasteiger partial charge >= 0.3 is 0 Å². The zero-order chi connectivity index (χ0) is 108. The average Bonchev–Trinajstić information content (AvgIpc) is 0.747. The van der Waals surface area contributed by atoms with Gasteiger partial charge < -0.3 is 83.3 Å². The first-order chi connectivity index (χ1) is 69.5. The number of allylic oxidation sites excluding steroid dienone is 12.